The lowest BCUT2D eigenvalue weighted by Crippen LogP contribution is -2.54. The normalized spacial score (nSPS) is 46.9. The van der Waals surface area contributed by atoms with E-state index in [1.807, 2.05) is 7.11 Å². The number of hydroxylamine groups is 3. The van der Waals surface area contributed by atoms with Crippen LogP contribution in [0, 0.1) is 0 Å². The van der Waals surface area contributed by atoms with Gasteiger partial charge in [0.15, 0.2) is 0 Å². The van der Waals surface area contributed by atoms with E-state index in [1.54, 1.807) is 19.2 Å². The maximum Gasteiger partial charge on any atom is 0.128 e. The standard InChI is InChI=1S/C10H20NO2S/c1-10-5-4-6-11(10,12-2)8-9(7-10)14-13-3/h9H,4-8H2,1-3H3/q+1/t9?,10-,11?/m0/s1. The summed E-state index contributed by atoms with van der Waals surface area (Å²) in [6.45, 7) is 4.64. The van der Waals surface area contributed by atoms with Crippen LogP contribution in [-0.4, -0.2) is 42.7 Å². The van der Waals surface area contributed by atoms with E-state index >= 15 is 0 Å². The zero-order chi connectivity index (χ0) is 10.2. The van der Waals surface area contributed by atoms with Gasteiger partial charge >= 0.3 is 0 Å². The molecule has 2 aliphatic rings. The molecular weight excluding hydrogens is 198 g/mol. The second-order valence-corrected chi connectivity index (χ2v) is 5.86. The predicted molar refractivity (Wildman–Crippen MR) is 57.6 cm³/mol. The van der Waals surface area contributed by atoms with Crippen molar-refractivity contribution in [2.75, 3.05) is 27.3 Å². The van der Waals surface area contributed by atoms with Crippen LogP contribution in [0.4, 0.5) is 0 Å². The van der Waals surface area contributed by atoms with E-state index in [1.165, 1.54) is 25.8 Å². The molecule has 3 atom stereocenters. The van der Waals surface area contributed by atoms with Crippen molar-refractivity contribution in [1.82, 2.24) is 0 Å². The highest BCUT2D eigenvalue weighted by Gasteiger charge is 2.60. The maximum atomic E-state index is 5.77. The first-order valence-electron chi connectivity index (χ1n) is 5.28. The van der Waals surface area contributed by atoms with Gasteiger partial charge in [-0.1, -0.05) is 0 Å². The summed E-state index contributed by atoms with van der Waals surface area (Å²) in [7, 11) is 3.61. The molecule has 2 saturated heterocycles. The minimum absolute atomic E-state index is 0.338. The van der Waals surface area contributed by atoms with Crippen molar-refractivity contribution >= 4 is 12.0 Å². The van der Waals surface area contributed by atoms with Crippen LogP contribution in [0.1, 0.15) is 26.2 Å². The number of quaternary nitrogens is 1. The summed E-state index contributed by atoms with van der Waals surface area (Å²) in [6.07, 6.45) is 3.82. The van der Waals surface area contributed by atoms with Crippen molar-refractivity contribution in [3.63, 3.8) is 0 Å². The van der Waals surface area contributed by atoms with Crippen LogP contribution in [0.25, 0.3) is 0 Å². The Bertz CT molecular complexity index is 226. The third-order valence-electron chi connectivity index (χ3n) is 3.97. The van der Waals surface area contributed by atoms with Crippen molar-refractivity contribution in [2.24, 2.45) is 0 Å². The molecule has 0 N–H and O–H groups in total. The van der Waals surface area contributed by atoms with Gasteiger partial charge in [0.2, 0.25) is 0 Å². The highest BCUT2D eigenvalue weighted by molar-refractivity contribution is 7.95. The van der Waals surface area contributed by atoms with Crippen molar-refractivity contribution in [3.8, 4) is 0 Å². The van der Waals surface area contributed by atoms with Crippen LogP contribution < -0.4 is 0 Å². The van der Waals surface area contributed by atoms with Crippen LogP contribution in [-0.2, 0) is 9.02 Å². The molecule has 4 heteroatoms. The highest BCUT2D eigenvalue weighted by Crippen LogP contribution is 2.48. The van der Waals surface area contributed by atoms with Gasteiger partial charge in [-0.05, 0) is 6.92 Å². The molecule has 2 aliphatic heterocycles. The van der Waals surface area contributed by atoms with Gasteiger partial charge in [0, 0.05) is 31.3 Å². The van der Waals surface area contributed by atoms with Gasteiger partial charge in [-0.3, -0.25) is 0 Å². The molecule has 0 aliphatic carbocycles. The average molecular weight is 218 g/mol. The molecule has 0 aromatic rings. The highest BCUT2D eigenvalue weighted by atomic mass is 32.2. The van der Waals surface area contributed by atoms with Gasteiger partial charge in [0.05, 0.1) is 19.5 Å². The van der Waals surface area contributed by atoms with Crippen molar-refractivity contribution < 1.29 is 13.7 Å². The second kappa shape index (κ2) is 3.67. The van der Waals surface area contributed by atoms with Gasteiger partial charge in [-0.25, -0.2) is 4.84 Å². The first-order chi connectivity index (χ1) is 6.66. The Hall–Kier alpha value is 0.230. The molecular formula is C10H20NO2S+. The lowest BCUT2D eigenvalue weighted by atomic mass is 9.97. The minimum atomic E-state index is 0.338. The van der Waals surface area contributed by atoms with E-state index in [2.05, 4.69) is 6.92 Å². The predicted octanol–water partition coefficient (Wildman–Crippen LogP) is 1.98. The van der Waals surface area contributed by atoms with Gasteiger partial charge in [-0.2, -0.15) is 4.65 Å². The van der Waals surface area contributed by atoms with Crippen LogP contribution in [0.5, 0.6) is 0 Å². The van der Waals surface area contributed by atoms with E-state index in [0.29, 0.717) is 10.8 Å². The summed E-state index contributed by atoms with van der Waals surface area (Å²) in [5, 5.41) is 0.602. The summed E-state index contributed by atoms with van der Waals surface area (Å²) in [4.78, 5) is 5.77. The summed E-state index contributed by atoms with van der Waals surface area (Å²) >= 11 is 1.61. The third-order valence-corrected chi connectivity index (χ3v) is 4.75. The van der Waals surface area contributed by atoms with E-state index in [0.717, 1.165) is 11.2 Å². The zero-order valence-electron chi connectivity index (χ0n) is 9.28. The molecule has 0 aromatic heterocycles. The second-order valence-electron chi connectivity index (χ2n) is 4.67. The quantitative estimate of drug-likeness (QED) is 0.533. The Balaban J connectivity index is 2.13. The van der Waals surface area contributed by atoms with Crippen molar-refractivity contribution in [2.45, 2.75) is 37.0 Å². The maximum absolute atomic E-state index is 5.77. The Morgan fingerprint density at radius 2 is 2.21 bits per heavy atom. The molecule has 0 spiro atoms. The molecule has 0 amide bonds. The molecule has 0 radical (unpaired) electrons. The number of hydrogen-bond donors (Lipinski definition) is 0. The topological polar surface area (TPSA) is 18.5 Å². The van der Waals surface area contributed by atoms with Crippen molar-refractivity contribution in [1.29, 1.82) is 0 Å². The summed E-state index contributed by atoms with van der Waals surface area (Å²) in [5.74, 6) is 0. The van der Waals surface area contributed by atoms with E-state index in [4.69, 9.17) is 9.02 Å². The Labute approximate surface area is 90.5 Å². The zero-order valence-corrected chi connectivity index (χ0v) is 10.1. The van der Waals surface area contributed by atoms with Crippen LogP contribution in [0.2, 0.25) is 0 Å². The first-order valence-corrected chi connectivity index (χ1v) is 6.09. The molecule has 14 heavy (non-hydrogen) atoms. The third kappa shape index (κ3) is 1.40. The summed E-state index contributed by atoms with van der Waals surface area (Å²) < 4.78 is 6.03. The molecule has 2 heterocycles. The average Bonchev–Trinajstić information content (AvgIpc) is 2.56. The minimum Gasteiger partial charge on any atom is -0.318 e. The smallest absolute Gasteiger partial charge is 0.128 e. The Morgan fingerprint density at radius 1 is 1.43 bits per heavy atom. The molecule has 0 aromatic carbocycles. The Kier molecular flexibility index (Phi) is 2.81. The van der Waals surface area contributed by atoms with E-state index < -0.39 is 0 Å². The number of fused-ring (bicyclic) bond motifs is 1. The van der Waals surface area contributed by atoms with Gasteiger partial charge in [0.25, 0.3) is 0 Å². The molecule has 3 nitrogen and oxygen atoms in total. The summed E-state index contributed by atoms with van der Waals surface area (Å²) in [6, 6.07) is 0. The van der Waals surface area contributed by atoms with Gasteiger partial charge in [-0.15, -0.1) is 0 Å². The molecule has 2 unspecified atom stereocenters. The largest absolute Gasteiger partial charge is 0.318 e. The monoisotopic (exact) mass is 218 g/mol. The van der Waals surface area contributed by atoms with Crippen molar-refractivity contribution in [3.05, 3.63) is 0 Å². The number of hydrogen-bond acceptors (Lipinski definition) is 3. The first kappa shape index (κ1) is 10.7. The van der Waals surface area contributed by atoms with Gasteiger partial charge in [0.1, 0.15) is 18.6 Å². The molecule has 0 saturated carbocycles. The molecule has 82 valence electrons. The van der Waals surface area contributed by atoms with E-state index in [9.17, 15) is 0 Å². The van der Waals surface area contributed by atoms with Gasteiger partial charge < -0.3 is 4.18 Å². The number of rotatable bonds is 3. The van der Waals surface area contributed by atoms with Crippen LogP contribution in [0.3, 0.4) is 0 Å². The fourth-order valence-corrected chi connectivity index (χ4v) is 4.24. The van der Waals surface area contributed by atoms with E-state index in [-0.39, 0.29) is 0 Å². The Morgan fingerprint density at radius 3 is 2.79 bits per heavy atom. The summed E-state index contributed by atoms with van der Waals surface area (Å²) in [5.41, 5.74) is 0.338. The number of nitrogens with zero attached hydrogens (tertiary/aromatic N) is 1. The lowest BCUT2D eigenvalue weighted by Gasteiger charge is -2.37. The van der Waals surface area contributed by atoms with Crippen LogP contribution in [0.15, 0.2) is 0 Å². The molecule has 2 rings (SSSR count). The fourth-order valence-electron chi connectivity index (χ4n) is 3.24. The lowest BCUT2D eigenvalue weighted by molar-refractivity contribution is -1.12. The SMILES string of the molecule is COSC1C[C@]2(C)CCC[N+]2(OC)C1. The van der Waals surface area contributed by atoms with Crippen LogP contribution >= 0.6 is 12.0 Å². The molecule has 2 fully saturated rings. The molecule has 0 bridgehead atoms. The fraction of sp³-hybridized carbons (Fsp3) is 1.00.